The number of hydrogen-bond acceptors (Lipinski definition) is 7. The highest BCUT2D eigenvalue weighted by molar-refractivity contribution is 6.18. The highest BCUT2D eigenvalue weighted by atomic mass is 16.7. The van der Waals surface area contributed by atoms with Crippen LogP contribution in [0.3, 0.4) is 0 Å². The first kappa shape index (κ1) is 18.4. The van der Waals surface area contributed by atoms with Crippen LogP contribution in [0.4, 0.5) is 5.69 Å². The molecule has 0 N–H and O–H groups in total. The molecule has 0 aliphatic carbocycles. The Hall–Kier alpha value is -3.42. The molecule has 0 bridgehead atoms. The van der Waals surface area contributed by atoms with E-state index in [4.69, 9.17) is 13.9 Å². The third kappa shape index (κ3) is 3.59. The van der Waals surface area contributed by atoms with Crippen molar-refractivity contribution in [3.8, 4) is 11.3 Å². The number of hydrogen-bond donors (Lipinski definition) is 0. The fraction of sp³-hybridized carbons (Fsp3) is 0.263. The molecule has 2 aromatic rings. The van der Waals surface area contributed by atoms with Gasteiger partial charge in [-0.15, -0.1) is 0 Å². The fourth-order valence-electron chi connectivity index (χ4n) is 2.65. The third-order valence-electron chi connectivity index (χ3n) is 4.10. The van der Waals surface area contributed by atoms with Gasteiger partial charge in [0.05, 0.1) is 10.5 Å². The second kappa shape index (κ2) is 6.39. The predicted octanol–water partition coefficient (Wildman–Crippen LogP) is 3.69. The highest BCUT2D eigenvalue weighted by Gasteiger charge is 2.39. The molecule has 1 aromatic carbocycles. The maximum Gasteiger partial charge on any atom is 0.348 e. The first-order chi connectivity index (χ1) is 12.6. The molecule has 0 radical (unpaired) electrons. The molecule has 27 heavy (non-hydrogen) atoms. The minimum absolute atomic E-state index is 0.0927. The van der Waals surface area contributed by atoms with Crippen molar-refractivity contribution in [2.24, 2.45) is 0 Å². The van der Waals surface area contributed by atoms with Crippen molar-refractivity contribution < 1.29 is 28.4 Å². The summed E-state index contributed by atoms with van der Waals surface area (Å²) in [4.78, 5) is 34.9. The Kier molecular flexibility index (Phi) is 4.35. The van der Waals surface area contributed by atoms with Crippen molar-refractivity contribution in [2.75, 3.05) is 0 Å². The topological polar surface area (TPSA) is 109 Å². The molecule has 1 aliphatic rings. The molecule has 0 saturated carbocycles. The summed E-state index contributed by atoms with van der Waals surface area (Å²) in [5.74, 6) is -2.58. The van der Waals surface area contributed by atoms with Crippen LogP contribution in [0, 0.1) is 24.0 Å². The molecular weight excluding hydrogens is 354 g/mol. The molecule has 2 heterocycles. The van der Waals surface area contributed by atoms with Crippen molar-refractivity contribution in [1.82, 2.24) is 0 Å². The largest absolute Gasteiger partial charge is 0.456 e. The molecule has 1 aliphatic heterocycles. The van der Waals surface area contributed by atoms with Crippen molar-refractivity contribution >= 4 is 23.7 Å². The van der Waals surface area contributed by atoms with E-state index in [-0.39, 0.29) is 22.8 Å². The van der Waals surface area contributed by atoms with Gasteiger partial charge in [-0.1, -0.05) is 0 Å². The number of carbonyl (C=O) groups is 2. The Morgan fingerprint density at radius 2 is 1.63 bits per heavy atom. The molecule has 8 heteroatoms. The summed E-state index contributed by atoms with van der Waals surface area (Å²) in [6, 6.07) is 6.17. The standard InChI is InChI=1S/C19H17NO7/c1-10-7-13(15(20(23)24)8-11(10)2)16-6-5-12(25-16)9-14-17(21)26-19(3,4)27-18(14)22/h5-9H,1-4H3. The Balaban J connectivity index is 1.99. The van der Waals surface area contributed by atoms with Gasteiger partial charge in [-0.3, -0.25) is 10.1 Å². The monoisotopic (exact) mass is 371 g/mol. The molecule has 1 saturated heterocycles. The first-order valence-corrected chi connectivity index (χ1v) is 8.11. The van der Waals surface area contributed by atoms with Crippen LogP contribution in [-0.2, 0) is 19.1 Å². The average molecular weight is 371 g/mol. The molecule has 1 aromatic heterocycles. The zero-order valence-electron chi connectivity index (χ0n) is 15.2. The average Bonchev–Trinajstić information content (AvgIpc) is 3.00. The van der Waals surface area contributed by atoms with Crippen molar-refractivity contribution in [3.05, 3.63) is 56.8 Å². The van der Waals surface area contributed by atoms with E-state index >= 15 is 0 Å². The van der Waals surface area contributed by atoms with Crippen molar-refractivity contribution in [3.63, 3.8) is 0 Å². The maximum atomic E-state index is 12.0. The zero-order valence-corrected chi connectivity index (χ0v) is 15.2. The minimum Gasteiger partial charge on any atom is -0.456 e. The summed E-state index contributed by atoms with van der Waals surface area (Å²) < 4.78 is 15.6. The van der Waals surface area contributed by atoms with Crippen LogP contribution in [0.1, 0.15) is 30.7 Å². The summed E-state index contributed by atoms with van der Waals surface area (Å²) in [6.45, 7) is 6.52. The Morgan fingerprint density at radius 3 is 2.22 bits per heavy atom. The predicted molar refractivity (Wildman–Crippen MR) is 94.5 cm³/mol. The van der Waals surface area contributed by atoms with E-state index in [2.05, 4.69) is 0 Å². The summed E-state index contributed by atoms with van der Waals surface area (Å²) in [6.07, 6.45) is 1.19. The number of carbonyl (C=O) groups excluding carboxylic acids is 2. The minimum atomic E-state index is -1.33. The molecule has 140 valence electrons. The van der Waals surface area contributed by atoms with Crippen molar-refractivity contribution in [2.45, 2.75) is 33.5 Å². The van der Waals surface area contributed by atoms with Crippen LogP contribution in [0.5, 0.6) is 0 Å². The number of furan rings is 1. The Labute approximate surface area is 154 Å². The smallest absolute Gasteiger partial charge is 0.348 e. The molecule has 3 rings (SSSR count). The number of nitro groups is 1. The van der Waals surface area contributed by atoms with E-state index in [0.29, 0.717) is 5.56 Å². The van der Waals surface area contributed by atoms with Crippen molar-refractivity contribution in [1.29, 1.82) is 0 Å². The Morgan fingerprint density at radius 1 is 1.04 bits per heavy atom. The summed E-state index contributed by atoms with van der Waals surface area (Å²) >= 11 is 0. The van der Waals surface area contributed by atoms with Gasteiger partial charge in [-0.25, -0.2) is 9.59 Å². The van der Waals surface area contributed by atoms with Gasteiger partial charge in [-0.2, -0.15) is 0 Å². The molecule has 1 fully saturated rings. The quantitative estimate of drug-likeness (QED) is 0.266. The van der Waals surface area contributed by atoms with Gasteiger partial charge in [0.2, 0.25) is 0 Å². The van der Waals surface area contributed by atoms with Gasteiger partial charge in [-0.05, 0) is 43.2 Å². The number of nitrogens with zero attached hydrogens (tertiary/aromatic N) is 1. The van der Waals surface area contributed by atoms with Crippen LogP contribution >= 0.6 is 0 Å². The van der Waals surface area contributed by atoms with Gasteiger partial charge in [0, 0.05) is 26.0 Å². The van der Waals surface area contributed by atoms with E-state index in [1.54, 1.807) is 13.0 Å². The van der Waals surface area contributed by atoms with Gasteiger partial charge in [0.25, 0.3) is 11.5 Å². The first-order valence-electron chi connectivity index (χ1n) is 8.11. The van der Waals surface area contributed by atoms with Crippen LogP contribution in [0.2, 0.25) is 0 Å². The maximum absolute atomic E-state index is 12.0. The van der Waals surface area contributed by atoms with Crippen LogP contribution in [-0.4, -0.2) is 22.6 Å². The highest BCUT2D eigenvalue weighted by Crippen LogP contribution is 2.34. The molecule has 0 unspecified atom stereocenters. The number of cyclic esters (lactones) is 2. The van der Waals surface area contributed by atoms with Crippen LogP contribution < -0.4 is 0 Å². The molecule has 8 nitrogen and oxygen atoms in total. The second-order valence-corrected chi connectivity index (χ2v) is 6.65. The molecule has 0 amide bonds. The summed E-state index contributed by atoms with van der Waals surface area (Å²) in [5.41, 5.74) is 1.56. The lowest BCUT2D eigenvalue weighted by molar-refractivity contribution is -0.384. The van der Waals surface area contributed by atoms with Gasteiger partial charge >= 0.3 is 11.9 Å². The van der Waals surface area contributed by atoms with E-state index in [9.17, 15) is 19.7 Å². The normalized spacial score (nSPS) is 15.9. The van der Waals surface area contributed by atoms with Crippen LogP contribution in [0.25, 0.3) is 17.4 Å². The summed E-state index contributed by atoms with van der Waals surface area (Å²) in [7, 11) is 0. The van der Waals surface area contributed by atoms with E-state index in [0.717, 1.165) is 11.1 Å². The number of ether oxygens (including phenoxy) is 2. The van der Waals surface area contributed by atoms with Crippen LogP contribution in [0.15, 0.2) is 34.3 Å². The number of nitro benzene ring substituents is 1. The zero-order chi connectivity index (χ0) is 19.9. The number of rotatable bonds is 3. The number of aryl methyl sites for hydroxylation is 2. The molecule has 0 spiro atoms. The second-order valence-electron chi connectivity index (χ2n) is 6.65. The van der Waals surface area contributed by atoms with E-state index in [1.807, 2.05) is 6.92 Å². The van der Waals surface area contributed by atoms with Gasteiger partial charge in [0.1, 0.15) is 17.1 Å². The lowest BCUT2D eigenvalue weighted by Crippen LogP contribution is -2.41. The lowest BCUT2D eigenvalue weighted by Gasteiger charge is -2.29. The lowest BCUT2D eigenvalue weighted by atomic mass is 10.0. The number of benzene rings is 1. The van der Waals surface area contributed by atoms with E-state index in [1.165, 1.54) is 38.1 Å². The van der Waals surface area contributed by atoms with Gasteiger partial charge < -0.3 is 13.9 Å². The number of esters is 2. The summed E-state index contributed by atoms with van der Waals surface area (Å²) in [5, 5.41) is 11.4. The Bertz CT molecular complexity index is 975. The van der Waals surface area contributed by atoms with Gasteiger partial charge in [0.15, 0.2) is 0 Å². The van der Waals surface area contributed by atoms with E-state index < -0.39 is 22.6 Å². The molecule has 0 atom stereocenters. The molecular formula is C19H17NO7. The third-order valence-corrected chi connectivity index (χ3v) is 4.10. The fourth-order valence-corrected chi connectivity index (χ4v) is 2.65. The SMILES string of the molecule is Cc1cc(-c2ccc(C=C3C(=O)OC(C)(C)OC3=O)o2)c([N+](=O)[O-])cc1C.